The van der Waals surface area contributed by atoms with Crippen LogP contribution in [0.15, 0.2) is 34.3 Å². The molecule has 0 bridgehead atoms. The number of non-ortho nitro benzene ring substituents is 1. The number of nitrogens with one attached hydrogen (secondary N) is 3. The Morgan fingerprint density at radius 1 is 1.22 bits per heavy atom. The number of fused-ring (bicyclic) bond motifs is 1. The molecule has 0 spiro atoms. The molecule has 4 N–H and O–H groups in total. The van der Waals surface area contributed by atoms with Gasteiger partial charge >= 0.3 is 0 Å². The monoisotopic (exact) mass is 370 g/mol. The van der Waals surface area contributed by atoms with Gasteiger partial charge in [0.25, 0.3) is 11.2 Å². The van der Waals surface area contributed by atoms with Gasteiger partial charge in [-0.3, -0.25) is 29.9 Å². The molecule has 0 saturated carbocycles. The van der Waals surface area contributed by atoms with Crippen molar-refractivity contribution < 1.29 is 14.8 Å². The van der Waals surface area contributed by atoms with Crippen LogP contribution in [-0.2, 0) is 4.79 Å². The molecule has 9 heteroatoms. The van der Waals surface area contributed by atoms with Crippen LogP contribution in [0.4, 0.5) is 11.5 Å². The van der Waals surface area contributed by atoms with Crippen LogP contribution < -0.4 is 10.9 Å². The lowest BCUT2D eigenvalue weighted by Crippen LogP contribution is -2.35. The lowest BCUT2D eigenvalue weighted by molar-refractivity contribution is -0.384. The highest BCUT2D eigenvalue weighted by molar-refractivity contribution is 6.01. The van der Waals surface area contributed by atoms with E-state index in [0.717, 1.165) is 0 Å². The Hall–Kier alpha value is -3.36. The van der Waals surface area contributed by atoms with Gasteiger partial charge in [-0.1, -0.05) is 13.8 Å². The minimum absolute atomic E-state index is 0.143. The first-order valence-corrected chi connectivity index (χ1v) is 8.49. The zero-order valence-corrected chi connectivity index (χ0v) is 14.8. The second-order valence-electron chi connectivity index (χ2n) is 7.76. The molecule has 1 aliphatic carbocycles. The molecule has 140 valence electrons. The number of aromatic amines is 2. The van der Waals surface area contributed by atoms with Gasteiger partial charge in [0.2, 0.25) is 0 Å². The molecule has 1 aromatic carbocycles. The van der Waals surface area contributed by atoms with Crippen LogP contribution >= 0.6 is 0 Å². The second-order valence-corrected chi connectivity index (χ2v) is 7.76. The van der Waals surface area contributed by atoms with Crippen LogP contribution in [0.3, 0.4) is 0 Å². The van der Waals surface area contributed by atoms with E-state index in [4.69, 9.17) is 0 Å². The average Bonchev–Trinajstić information content (AvgIpc) is 2.93. The summed E-state index contributed by atoms with van der Waals surface area (Å²) in [6.07, 6.45) is 0.865. The highest BCUT2D eigenvalue weighted by Crippen LogP contribution is 2.49. The van der Waals surface area contributed by atoms with Crippen LogP contribution in [0, 0.1) is 15.5 Å². The summed E-state index contributed by atoms with van der Waals surface area (Å²) in [6, 6.07) is 3.62. The predicted octanol–water partition coefficient (Wildman–Crippen LogP) is 2.52. The first kappa shape index (κ1) is 17.1. The number of phenols is 1. The number of aromatic nitrogens is 2. The third kappa shape index (κ3) is 2.62. The average molecular weight is 370 g/mol. The number of nitro groups is 1. The Morgan fingerprint density at radius 3 is 2.67 bits per heavy atom. The summed E-state index contributed by atoms with van der Waals surface area (Å²) in [5.41, 5.74) is 0.512. The van der Waals surface area contributed by atoms with Gasteiger partial charge in [0.15, 0.2) is 5.78 Å². The Balaban J connectivity index is 1.99. The number of phenolic OH excluding ortho intramolecular Hbond substituents is 1. The Kier molecular flexibility index (Phi) is 3.52. The number of aromatic hydroxyl groups is 1. The van der Waals surface area contributed by atoms with Gasteiger partial charge in [0.1, 0.15) is 11.6 Å². The summed E-state index contributed by atoms with van der Waals surface area (Å²) in [5.74, 6) is -0.825. The zero-order chi connectivity index (χ0) is 19.5. The van der Waals surface area contributed by atoms with Crippen molar-refractivity contribution >= 4 is 17.3 Å². The van der Waals surface area contributed by atoms with Crippen molar-refractivity contribution in [2.24, 2.45) is 5.41 Å². The SMILES string of the molecule is CC1(C)CC(=O)C2=C(C1)Nc1[nH][nH]c(=O)c1[C@@H]2c1cc([N+](=O)[O-])ccc1O. The number of carbonyl (C=O) groups excluding carboxylic acids is 1. The third-order valence-electron chi connectivity index (χ3n) is 5.12. The largest absolute Gasteiger partial charge is 0.508 e. The molecular weight excluding hydrogens is 352 g/mol. The maximum Gasteiger partial charge on any atom is 0.270 e. The van der Waals surface area contributed by atoms with Crippen molar-refractivity contribution in [3.63, 3.8) is 0 Å². The van der Waals surface area contributed by atoms with Crippen LogP contribution in [0.2, 0.25) is 0 Å². The normalized spacial score (nSPS) is 20.7. The lowest BCUT2D eigenvalue weighted by atomic mass is 9.69. The van der Waals surface area contributed by atoms with Crippen molar-refractivity contribution in [2.75, 3.05) is 5.32 Å². The second kappa shape index (κ2) is 5.57. The van der Waals surface area contributed by atoms with E-state index in [-0.39, 0.29) is 40.2 Å². The highest BCUT2D eigenvalue weighted by atomic mass is 16.6. The molecule has 1 aromatic heterocycles. The maximum absolute atomic E-state index is 13.0. The van der Waals surface area contributed by atoms with Crippen molar-refractivity contribution in [3.05, 3.63) is 61.1 Å². The molecule has 2 aliphatic rings. The zero-order valence-electron chi connectivity index (χ0n) is 14.8. The number of benzene rings is 1. The highest BCUT2D eigenvalue weighted by Gasteiger charge is 2.43. The van der Waals surface area contributed by atoms with Gasteiger partial charge in [0, 0.05) is 35.4 Å². The van der Waals surface area contributed by atoms with Crippen LogP contribution in [0.25, 0.3) is 0 Å². The summed E-state index contributed by atoms with van der Waals surface area (Å²) in [5, 5.41) is 30.0. The molecule has 0 fully saturated rings. The Bertz CT molecular complexity index is 1080. The lowest BCUT2D eigenvalue weighted by Gasteiger charge is -2.37. The fourth-order valence-electron chi connectivity index (χ4n) is 4.02. The van der Waals surface area contributed by atoms with Crippen molar-refractivity contribution in [1.82, 2.24) is 10.2 Å². The number of nitro benzene ring substituents is 1. The summed E-state index contributed by atoms with van der Waals surface area (Å²) in [6.45, 7) is 3.96. The molecule has 4 rings (SSSR count). The minimum Gasteiger partial charge on any atom is -0.508 e. The summed E-state index contributed by atoms with van der Waals surface area (Å²) >= 11 is 0. The first-order chi connectivity index (χ1) is 12.7. The number of H-pyrrole nitrogens is 2. The standard InChI is InChI=1S/C18H18N4O5/c1-18(2)6-10-14(12(24)7-18)13(15-16(19-10)20-21-17(15)25)9-5-8(22(26)27)3-4-11(9)23/h3-5,13,23H,6-7H2,1-2H3,(H3,19,20,21,25)/t13-/m1/s1. The van der Waals surface area contributed by atoms with Gasteiger partial charge < -0.3 is 10.4 Å². The molecule has 1 atom stereocenters. The fourth-order valence-corrected chi connectivity index (χ4v) is 4.02. The van der Waals surface area contributed by atoms with Gasteiger partial charge in [-0.05, 0) is 17.9 Å². The third-order valence-corrected chi connectivity index (χ3v) is 5.12. The number of Topliss-reactive ketones (excluding diaryl/α,β-unsaturated/α-hetero) is 1. The van der Waals surface area contributed by atoms with E-state index in [1.54, 1.807) is 0 Å². The van der Waals surface area contributed by atoms with Crippen molar-refractivity contribution in [1.29, 1.82) is 0 Å². The molecule has 0 saturated heterocycles. The number of anilines is 1. The molecule has 0 unspecified atom stereocenters. The molecule has 27 heavy (non-hydrogen) atoms. The maximum atomic E-state index is 13.0. The number of allylic oxidation sites excluding steroid dienone is 2. The van der Waals surface area contributed by atoms with Gasteiger partial charge in [-0.25, -0.2) is 0 Å². The van der Waals surface area contributed by atoms with Crippen LogP contribution in [0.5, 0.6) is 5.75 Å². The van der Waals surface area contributed by atoms with E-state index >= 15 is 0 Å². The van der Waals surface area contributed by atoms with Crippen molar-refractivity contribution in [3.8, 4) is 5.75 Å². The predicted molar refractivity (Wildman–Crippen MR) is 96.7 cm³/mol. The number of rotatable bonds is 2. The van der Waals surface area contributed by atoms with Gasteiger partial charge in [0.05, 0.1) is 16.4 Å². The van der Waals surface area contributed by atoms with Gasteiger partial charge in [-0.15, -0.1) is 0 Å². The van der Waals surface area contributed by atoms with Gasteiger partial charge in [-0.2, -0.15) is 0 Å². The Labute approximate surface area is 153 Å². The minimum atomic E-state index is -0.880. The molecule has 1 aliphatic heterocycles. The fraction of sp³-hybridized carbons (Fsp3) is 0.333. The number of hydrogen-bond acceptors (Lipinski definition) is 6. The van der Waals surface area contributed by atoms with Crippen LogP contribution in [-0.4, -0.2) is 26.0 Å². The summed E-state index contributed by atoms with van der Waals surface area (Å²) < 4.78 is 0. The summed E-state index contributed by atoms with van der Waals surface area (Å²) in [4.78, 5) is 36.0. The molecule has 2 aromatic rings. The number of carbonyl (C=O) groups is 1. The van der Waals surface area contributed by atoms with Crippen LogP contribution in [0.1, 0.15) is 43.7 Å². The molecule has 0 radical (unpaired) electrons. The molecule has 0 amide bonds. The molecule has 2 heterocycles. The number of ketones is 1. The van der Waals surface area contributed by atoms with Crippen molar-refractivity contribution in [2.45, 2.75) is 32.6 Å². The van der Waals surface area contributed by atoms with E-state index in [2.05, 4.69) is 15.5 Å². The van der Waals surface area contributed by atoms with E-state index in [0.29, 0.717) is 23.5 Å². The first-order valence-electron chi connectivity index (χ1n) is 8.49. The van der Waals surface area contributed by atoms with E-state index in [1.165, 1.54) is 18.2 Å². The molecule has 9 nitrogen and oxygen atoms in total. The Morgan fingerprint density at radius 2 is 1.96 bits per heavy atom. The summed E-state index contributed by atoms with van der Waals surface area (Å²) in [7, 11) is 0. The van der Waals surface area contributed by atoms with E-state index in [1.807, 2.05) is 13.8 Å². The molecular formula is C18H18N4O5. The topological polar surface area (TPSA) is 141 Å². The number of hydrogen-bond donors (Lipinski definition) is 4. The van der Waals surface area contributed by atoms with E-state index in [9.17, 15) is 24.8 Å². The van der Waals surface area contributed by atoms with E-state index < -0.39 is 16.4 Å². The smallest absolute Gasteiger partial charge is 0.270 e. The number of nitrogens with zero attached hydrogens (tertiary/aromatic N) is 1. The quantitative estimate of drug-likeness (QED) is 0.473.